The lowest BCUT2D eigenvalue weighted by molar-refractivity contribution is -0.141. The van der Waals surface area contributed by atoms with E-state index in [4.69, 9.17) is 0 Å². The fourth-order valence-electron chi connectivity index (χ4n) is 1.97. The van der Waals surface area contributed by atoms with E-state index >= 15 is 0 Å². The molecule has 0 atom stereocenters. The van der Waals surface area contributed by atoms with Crippen molar-refractivity contribution < 1.29 is 18.0 Å². The number of hydrogen-bond donors (Lipinski definition) is 1. The number of carbonyl (C=O) groups is 1. The predicted molar refractivity (Wildman–Crippen MR) is 65.3 cm³/mol. The molecule has 1 aromatic rings. The van der Waals surface area contributed by atoms with Crippen molar-refractivity contribution in [3.63, 3.8) is 0 Å². The monoisotopic (exact) mass is 289 g/mol. The van der Waals surface area contributed by atoms with E-state index < -0.39 is 11.9 Å². The molecule has 0 saturated carbocycles. The number of hydrogen-bond acceptors (Lipinski definition) is 4. The van der Waals surface area contributed by atoms with Gasteiger partial charge >= 0.3 is 12.2 Å². The number of aromatic nitrogens is 2. The third-order valence-electron chi connectivity index (χ3n) is 3.05. The van der Waals surface area contributed by atoms with E-state index in [1.54, 1.807) is 9.80 Å². The van der Waals surface area contributed by atoms with Gasteiger partial charge in [0.2, 0.25) is 0 Å². The summed E-state index contributed by atoms with van der Waals surface area (Å²) >= 11 is 0. The molecule has 20 heavy (non-hydrogen) atoms. The van der Waals surface area contributed by atoms with E-state index in [0.29, 0.717) is 26.2 Å². The molecule has 110 valence electrons. The first kappa shape index (κ1) is 14.4. The highest BCUT2D eigenvalue weighted by atomic mass is 19.4. The van der Waals surface area contributed by atoms with Gasteiger partial charge in [0.05, 0.1) is 0 Å². The fraction of sp³-hybridized carbons (Fsp3) is 0.545. The number of piperazine rings is 1. The first-order valence-corrected chi connectivity index (χ1v) is 6.02. The number of amides is 2. The highest BCUT2D eigenvalue weighted by Gasteiger charge is 2.33. The molecule has 0 aliphatic carbocycles. The van der Waals surface area contributed by atoms with Gasteiger partial charge in [-0.2, -0.15) is 13.2 Å². The Hall–Kier alpha value is -2.06. The standard InChI is InChI=1S/C11H14F3N5O/c1-15-10(20)19-4-2-18(3-5-19)9-6-8(11(12,13)14)16-7-17-9/h6-7H,2-5H2,1H3,(H,15,20). The highest BCUT2D eigenvalue weighted by Crippen LogP contribution is 2.29. The summed E-state index contributed by atoms with van der Waals surface area (Å²) in [7, 11) is 1.54. The number of urea groups is 1. The number of carbonyl (C=O) groups excluding carboxylic acids is 1. The third kappa shape index (κ3) is 3.09. The minimum atomic E-state index is -4.48. The van der Waals surface area contributed by atoms with Crippen LogP contribution in [0.25, 0.3) is 0 Å². The first-order valence-electron chi connectivity index (χ1n) is 6.02. The molecule has 2 amide bonds. The topological polar surface area (TPSA) is 61.4 Å². The number of alkyl halides is 3. The Bertz CT molecular complexity index is 485. The van der Waals surface area contributed by atoms with E-state index in [-0.39, 0.29) is 11.8 Å². The van der Waals surface area contributed by atoms with Crippen LogP contribution in [0.4, 0.5) is 23.8 Å². The van der Waals surface area contributed by atoms with Crippen molar-refractivity contribution in [2.45, 2.75) is 6.18 Å². The second kappa shape index (κ2) is 5.51. The van der Waals surface area contributed by atoms with Crippen LogP contribution in [0, 0.1) is 0 Å². The van der Waals surface area contributed by atoms with Crippen LogP contribution in [-0.4, -0.2) is 54.1 Å². The van der Waals surface area contributed by atoms with Crippen molar-refractivity contribution in [1.29, 1.82) is 0 Å². The summed E-state index contributed by atoms with van der Waals surface area (Å²) in [5.74, 6) is 0.226. The first-order chi connectivity index (χ1) is 9.41. The van der Waals surface area contributed by atoms with Gasteiger partial charge in [0.25, 0.3) is 0 Å². The van der Waals surface area contributed by atoms with Crippen molar-refractivity contribution in [1.82, 2.24) is 20.2 Å². The van der Waals surface area contributed by atoms with Gasteiger partial charge in [-0.05, 0) is 0 Å². The minimum absolute atomic E-state index is 0.191. The van der Waals surface area contributed by atoms with Gasteiger partial charge in [-0.15, -0.1) is 0 Å². The Balaban J connectivity index is 2.06. The van der Waals surface area contributed by atoms with Crippen LogP contribution in [-0.2, 0) is 6.18 Å². The van der Waals surface area contributed by atoms with Crippen molar-refractivity contribution in [3.8, 4) is 0 Å². The molecule has 0 unspecified atom stereocenters. The van der Waals surface area contributed by atoms with Gasteiger partial charge in [-0.3, -0.25) is 0 Å². The molecule has 1 aliphatic rings. The van der Waals surface area contributed by atoms with Gasteiger partial charge < -0.3 is 15.1 Å². The summed E-state index contributed by atoms with van der Waals surface area (Å²) in [6.45, 7) is 1.74. The van der Waals surface area contributed by atoms with E-state index in [9.17, 15) is 18.0 Å². The van der Waals surface area contributed by atoms with Crippen molar-refractivity contribution in [3.05, 3.63) is 18.1 Å². The van der Waals surface area contributed by atoms with Crippen LogP contribution in [0.2, 0.25) is 0 Å². The second-order valence-corrected chi connectivity index (χ2v) is 4.29. The Kier molecular flexibility index (Phi) is 3.96. The molecular weight excluding hydrogens is 275 g/mol. The number of halogens is 3. The third-order valence-corrected chi connectivity index (χ3v) is 3.05. The maximum absolute atomic E-state index is 12.6. The summed E-state index contributed by atoms with van der Waals surface area (Å²) in [4.78, 5) is 21.8. The van der Waals surface area contributed by atoms with Crippen molar-refractivity contribution in [2.75, 3.05) is 38.1 Å². The molecule has 1 N–H and O–H groups in total. The average Bonchev–Trinajstić information content (AvgIpc) is 2.46. The molecule has 2 rings (SSSR count). The molecule has 0 radical (unpaired) electrons. The van der Waals surface area contributed by atoms with E-state index in [1.165, 1.54) is 7.05 Å². The molecule has 1 aliphatic heterocycles. The molecule has 2 heterocycles. The zero-order valence-corrected chi connectivity index (χ0v) is 10.8. The van der Waals surface area contributed by atoms with Gasteiger partial charge in [-0.25, -0.2) is 14.8 Å². The SMILES string of the molecule is CNC(=O)N1CCN(c2cc(C(F)(F)F)ncn2)CC1. The summed E-state index contributed by atoms with van der Waals surface area (Å²) in [6.07, 6.45) is -3.58. The number of nitrogens with one attached hydrogen (secondary N) is 1. The van der Waals surface area contributed by atoms with Gasteiger partial charge in [0.1, 0.15) is 17.8 Å². The molecule has 0 spiro atoms. The molecule has 6 nitrogen and oxygen atoms in total. The zero-order chi connectivity index (χ0) is 14.8. The predicted octanol–water partition coefficient (Wildman–Crippen LogP) is 0.957. The van der Waals surface area contributed by atoms with Gasteiger partial charge in [-0.1, -0.05) is 0 Å². The van der Waals surface area contributed by atoms with E-state index in [2.05, 4.69) is 15.3 Å². The smallest absolute Gasteiger partial charge is 0.353 e. The van der Waals surface area contributed by atoms with Crippen LogP contribution in [0.15, 0.2) is 12.4 Å². The van der Waals surface area contributed by atoms with Gasteiger partial charge in [0.15, 0.2) is 0 Å². The maximum Gasteiger partial charge on any atom is 0.433 e. The van der Waals surface area contributed by atoms with Crippen LogP contribution in [0.1, 0.15) is 5.69 Å². The van der Waals surface area contributed by atoms with Crippen LogP contribution >= 0.6 is 0 Å². The van der Waals surface area contributed by atoms with Crippen LogP contribution in [0.5, 0.6) is 0 Å². The molecule has 0 bridgehead atoms. The summed E-state index contributed by atoms with van der Waals surface area (Å²) < 4.78 is 37.7. The normalized spacial score (nSPS) is 16.2. The lowest BCUT2D eigenvalue weighted by atomic mass is 10.3. The van der Waals surface area contributed by atoms with Crippen LogP contribution in [0.3, 0.4) is 0 Å². The minimum Gasteiger partial charge on any atom is -0.353 e. The quantitative estimate of drug-likeness (QED) is 0.836. The fourth-order valence-corrected chi connectivity index (χ4v) is 1.97. The number of rotatable bonds is 1. The molecule has 0 aromatic carbocycles. The van der Waals surface area contributed by atoms with Crippen LogP contribution < -0.4 is 10.2 Å². The molecule has 9 heteroatoms. The van der Waals surface area contributed by atoms with Crippen molar-refractivity contribution >= 4 is 11.8 Å². The summed E-state index contributed by atoms with van der Waals surface area (Å²) in [6, 6.07) is 0.735. The maximum atomic E-state index is 12.6. The number of nitrogens with zero attached hydrogens (tertiary/aromatic N) is 4. The average molecular weight is 289 g/mol. The summed E-state index contributed by atoms with van der Waals surface area (Å²) in [5, 5.41) is 2.51. The highest BCUT2D eigenvalue weighted by molar-refractivity contribution is 5.74. The molecule has 1 fully saturated rings. The lowest BCUT2D eigenvalue weighted by Gasteiger charge is -2.35. The Morgan fingerprint density at radius 2 is 1.90 bits per heavy atom. The van der Waals surface area contributed by atoms with E-state index in [1.807, 2.05) is 0 Å². The second-order valence-electron chi connectivity index (χ2n) is 4.29. The number of anilines is 1. The Morgan fingerprint density at radius 3 is 2.45 bits per heavy atom. The molecule has 1 saturated heterocycles. The Morgan fingerprint density at radius 1 is 1.25 bits per heavy atom. The largest absolute Gasteiger partial charge is 0.433 e. The van der Waals surface area contributed by atoms with E-state index in [0.717, 1.165) is 12.4 Å². The Labute approximate surface area is 113 Å². The van der Waals surface area contributed by atoms with Gasteiger partial charge in [0, 0.05) is 39.3 Å². The zero-order valence-electron chi connectivity index (χ0n) is 10.8. The molecular formula is C11H14F3N5O. The lowest BCUT2D eigenvalue weighted by Crippen LogP contribution is -2.51. The summed E-state index contributed by atoms with van der Waals surface area (Å²) in [5.41, 5.74) is -0.962. The molecule has 1 aromatic heterocycles. The van der Waals surface area contributed by atoms with Crippen molar-refractivity contribution in [2.24, 2.45) is 0 Å².